The third-order valence-corrected chi connectivity index (χ3v) is 6.48. The number of benzene rings is 1. The third kappa shape index (κ3) is 3.29. The molecule has 1 saturated carbocycles. The molecule has 122 valence electrons. The Hall–Kier alpha value is -1.49. The van der Waals surface area contributed by atoms with Crippen LogP contribution in [-0.2, 0) is 24.8 Å². The molecular formula is C12H17N3O5S2. The van der Waals surface area contributed by atoms with Gasteiger partial charge in [0.2, 0.25) is 26.0 Å². The van der Waals surface area contributed by atoms with Crippen LogP contribution in [0.5, 0.6) is 0 Å². The zero-order valence-electron chi connectivity index (χ0n) is 11.9. The van der Waals surface area contributed by atoms with E-state index >= 15 is 0 Å². The fourth-order valence-corrected chi connectivity index (χ4v) is 3.93. The fraction of sp³-hybridized carbons (Fsp3) is 0.417. The van der Waals surface area contributed by atoms with Crippen LogP contribution in [0.1, 0.15) is 12.8 Å². The number of nitrogens with one attached hydrogen (secondary N) is 2. The maximum Gasteiger partial charge on any atom is 0.240 e. The molecule has 0 spiro atoms. The van der Waals surface area contributed by atoms with E-state index in [0.29, 0.717) is 12.8 Å². The van der Waals surface area contributed by atoms with Crippen LogP contribution >= 0.6 is 0 Å². The summed E-state index contributed by atoms with van der Waals surface area (Å²) < 4.78 is 52.3. The minimum Gasteiger partial charge on any atom is -0.369 e. The van der Waals surface area contributed by atoms with Gasteiger partial charge < -0.3 is 5.73 Å². The smallest absolute Gasteiger partial charge is 0.240 e. The molecule has 1 fully saturated rings. The van der Waals surface area contributed by atoms with Gasteiger partial charge in [0.15, 0.2) is 0 Å². The van der Waals surface area contributed by atoms with Crippen LogP contribution in [-0.4, -0.2) is 36.3 Å². The topological polar surface area (TPSA) is 135 Å². The summed E-state index contributed by atoms with van der Waals surface area (Å²) in [6.45, 7) is -0.0896. The molecule has 0 aliphatic heterocycles. The summed E-state index contributed by atoms with van der Waals surface area (Å²) in [5.41, 5.74) is 4.42. The molecule has 2 rings (SSSR count). The minimum absolute atomic E-state index is 0.0896. The van der Waals surface area contributed by atoms with E-state index in [2.05, 4.69) is 9.44 Å². The lowest BCUT2D eigenvalue weighted by Crippen LogP contribution is -2.37. The highest BCUT2D eigenvalue weighted by molar-refractivity contribution is 7.90. The first-order valence-corrected chi connectivity index (χ1v) is 9.43. The molecule has 0 bridgehead atoms. The quantitative estimate of drug-likeness (QED) is 0.590. The van der Waals surface area contributed by atoms with Crippen molar-refractivity contribution in [2.24, 2.45) is 11.1 Å². The fourth-order valence-electron chi connectivity index (χ4n) is 1.90. The van der Waals surface area contributed by atoms with Crippen LogP contribution in [0, 0.1) is 5.41 Å². The van der Waals surface area contributed by atoms with Gasteiger partial charge in [-0.25, -0.2) is 26.3 Å². The van der Waals surface area contributed by atoms with E-state index in [1.165, 1.54) is 25.2 Å². The van der Waals surface area contributed by atoms with E-state index < -0.39 is 31.4 Å². The van der Waals surface area contributed by atoms with Gasteiger partial charge in [-0.2, -0.15) is 0 Å². The molecule has 10 heteroatoms. The second-order valence-corrected chi connectivity index (χ2v) is 8.81. The van der Waals surface area contributed by atoms with Gasteiger partial charge in [0, 0.05) is 6.54 Å². The number of rotatable bonds is 7. The Labute approximate surface area is 129 Å². The van der Waals surface area contributed by atoms with Crippen LogP contribution in [0.25, 0.3) is 0 Å². The molecule has 0 aromatic heterocycles. The van der Waals surface area contributed by atoms with Crippen LogP contribution in [0.3, 0.4) is 0 Å². The lowest BCUT2D eigenvalue weighted by Gasteiger charge is -2.13. The molecule has 0 radical (unpaired) electrons. The summed E-state index contributed by atoms with van der Waals surface area (Å²) in [7, 11) is -6.44. The van der Waals surface area contributed by atoms with Crippen molar-refractivity contribution in [2.45, 2.75) is 22.6 Å². The zero-order valence-corrected chi connectivity index (χ0v) is 13.5. The van der Waals surface area contributed by atoms with Crippen molar-refractivity contribution in [1.29, 1.82) is 0 Å². The summed E-state index contributed by atoms with van der Waals surface area (Å²) in [5, 5.41) is 0. The predicted octanol–water partition coefficient (Wildman–Crippen LogP) is -0.861. The summed E-state index contributed by atoms with van der Waals surface area (Å²) in [6.07, 6.45) is 1.08. The second kappa shape index (κ2) is 5.61. The van der Waals surface area contributed by atoms with Gasteiger partial charge in [0.25, 0.3) is 0 Å². The van der Waals surface area contributed by atoms with Crippen molar-refractivity contribution < 1.29 is 21.6 Å². The van der Waals surface area contributed by atoms with Gasteiger partial charge >= 0.3 is 0 Å². The average molecular weight is 347 g/mol. The number of nitrogens with two attached hydrogens (primary N) is 1. The monoisotopic (exact) mass is 347 g/mol. The third-order valence-electron chi connectivity index (χ3n) is 3.67. The van der Waals surface area contributed by atoms with Crippen molar-refractivity contribution in [3.8, 4) is 0 Å². The van der Waals surface area contributed by atoms with E-state index in [4.69, 9.17) is 5.73 Å². The molecule has 4 N–H and O–H groups in total. The number of carbonyl (C=O) groups is 1. The number of primary amides is 1. The van der Waals surface area contributed by atoms with Gasteiger partial charge in [0.1, 0.15) is 0 Å². The molecule has 1 aromatic carbocycles. The highest BCUT2D eigenvalue weighted by Crippen LogP contribution is 2.44. The van der Waals surface area contributed by atoms with Crippen LogP contribution in [0.2, 0.25) is 0 Å². The van der Waals surface area contributed by atoms with E-state index in [1.807, 2.05) is 0 Å². The Balaban J connectivity index is 2.24. The number of hydrogen-bond donors (Lipinski definition) is 3. The molecule has 0 unspecified atom stereocenters. The largest absolute Gasteiger partial charge is 0.369 e. The van der Waals surface area contributed by atoms with E-state index in [9.17, 15) is 21.6 Å². The Morgan fingerprint density at radius 3 is 2.18 bits per heavy atom. The highest BCUT2D eigenvalue weighted by atomic mass is 32.2. The molecule has 0 heterocycles. The normalized spacial score (nSPS) is 17.1. The van der Waals surface area contributed by atoms with E-state index in [1.54, 1.807) is 0 Å². The average Bonchev–Trinajstić information content (AvgIpc) is 3.27. The van der Waals surface area contributed by atoms with Crippen molar-refractivity contribution in [1.82, 2.24) is 9.44 Å². The van der Waals surface area contributed by atoms with Gasteiger partial charge in [0.05, 0.1) is 15.2 Å². The number of carbonyl (C=O) groups excluding carboxylic acids is 1. The van der Waals surface area contributed by atoms with E-state index in [-0.39, 0.29) is 16.3 Å². The summed E-state index contributed by atoms with van der Waals surface area (Å²) in [4.78, 5) is 10.9. The van der Waals surface area contributed by atoms with Gasteiger partial charge in [-0.3, -0.25) is 4.79 Å². The first-order chi connectivity index (χ1) is 10.1. The van der Waals surface area contributed by atoms with Crippen LogP contribution in [0.15, 0.2) is 34.1 Å². The van der Waals surface area contributed by atoms with Gasteiger partial charge in [-0.1, -0.05) is 6.07 Å². The van der Waals surface area contributed by atoms with Gasteiger partial charge in [-0.15, -0.1) is 0 Å². The minimum atomic E-state index is -3.93. The second-order valence-electron chi connectivity index (χ2n) is 5.15. The summed E-state index contributed by atoms with van der Waals surface area (Å²) in [5.74, 6) is -0.540. The van der Waals surface area contributed by atoms with Gasteiger partial charge in [-0.05, 0) is 38.1 Å². The van der Waals surface area contributed by atoms with Crippen LogP contribution in [0.4, 0.5) is 0 Å². The van der Waals surface area contributed by atoms with Crippen molar-refractivity contribution in [2.75, 3.05) is 13.6 Å². The SMILES string of the molecule is CNS(=O)(=O)c1cccc(S(=O)(=O)NCC2(C(N)=O)CC2)c1. The molecule has 1 aliphatic rings. The molecule has 22 heavy (non-hydrogen) atoms. The lowest BCUT2D eigenvalue weighted by molar-refractivity contribution is -0.122. The Morgan fingerprint density at radius 2 is 1.73 bits per heavy atom. The first kappa shape index (κ1) is 16.9. The standard InChI is InChI=1S/C12H17N3O5S2/c1-14-21(17,18)9-3-2-4-10(7-9)22(19,20)15-8-12(5-6-12)11(13)16/h2-4,7,14-15H,5-6,8H2,1H3,(H2,13,16). The highest BCUT2D eigenvalue weighted by Gasteiger charge is 2.48. The number of hydrogen-bond acceptors (Lipinski definition) is 5. The Morgan fingerprint density at radius 1 is 1.18 bits per heavy atom. The molecule has 0 saturated heterocycles. The maximum absolute atomic E-state index is 12.2. The molecule has 1 amide bonds. The molecular weight excluding hydrogens is 330 g/mol. The first-order valence-electron chi connectivity index (χ1n) is 6.46. The summed E-state index contributed by atoms with van der Waals surface area (Å²) in [6, 6.07) is 4.95. The Bertz CT molecular complexity index is 798. The molecule has 8 nitrogen and oxygen atoms in total. The maximum atomic E-state index is 12.2. The number of amides is 1. The number of sulfonamides is 2. The summed E-state index contributed by atoms with van der Waals surface area (Å²) >= 11 is 0. The zero-order chi connectivity index (χ0) is 16.6. The lowest BCUT2D eigenvalue weighted by atomic mass is 10.1. The molecule has 1 aliphatic carbocycles. The van der Waals surface area contributed by atoms with Crippen LogP contribution < -0.4 is 15.2 Å². The molecule has 0 atom stereocenters. The van der Waals surface area contributed by atoms with E-state index in [0.717, 1.165) is 6.07 Å². The predicted molar refractivity (Wildman–Crippen MR) is 78.7 cm³/mol. The van der Waals surface area contributed by atoms with Crippen molar-refractivity contribution in [3.05, 3.63) is 24.3 Å². The molecule has 1 aromatic rings. The van der Waals surface area contributed by atoms with Crippen molar-refractivity contribution in [3.63, 3.8) is 0 Å². The Kier molecular flexibility index (Phi) is 4.30. The van der Waals surface area contributed by atoms with Crippen molar-refractivity contribution >= 4 is 26.0 Å².